The SMILES string of the molecule is CCNC(=O)NCc1ccc([C@H]2O[C@@H](CN(C)CCc3ccccn3)[C@@H](C)[C@@H](c3ccc(CO)cc3)O2)cc1. The summed E-state index contributed by atoms with van der Waals surface area (Å²) >= 11 is 0. The summed E-state index contributed by atoms with van der Waals surface area (Å²) < 4.78 is 13.1. The third-order valence-corrected chi connectivity index (χ3v) is 7.13. The summed E-state index contributed by atoms with van der Waals surface area (Å²) in [6, 6.07) is 21.8. The van der Waals surface area contributed by atoms with Crippen LogP contribution in [-0.4, -0.2) is 53.8 Å². The largest absolute Gasteiger partial charge is 0.392 e. The summed E-state index contributed by atoms with van der Waals surface area (Å²) in [5.41, 5.74) is 4.94. The number of carbonyl (C=O) groups is 1. The minimum absolute atomic E-state index is 0.0120. The Balaban J connectivity index is 1.47. The van der Waals surface area contributed by atoms with Gasteiger partial charge in [0.15, 0.2) is 6.29 Å². The van der Waals surface area contributed by atoms with E-state index in [-0.39, 0.29) is 30.8 Å². The molecule has 0 radical (unpaired) electrons. The van der Waals surface area contributed by atoms with Crippen molar-refractivity contribution < 1.29 is 19.4 Å². The van der Waals surface area contributed by atoms with Gasteiger partial charge in [0.2, 0.25) is 0 Å². The average Bonchev–Trinajstić information content (AvgIpc) is 2.97. The molecule has 1 fully saturated rings. The number of amides is 2. The topological polar surface area (TPSA) is 96.0 Å². The van der Waals surface area contributed by atoms with Gasteiger partial charge in [-0.25, -0.2) is 4.79 Å². The van der Waals surface area contributed by atoms with Crippen LogP contribution in [0.3, 0.4) is 0 Å². The predicted octanol–water partition coefficient (Wildman–Crippen LogP) is 4.36. The summed E-state index contributed by atoms with van der Waals surface area (Å²) in [4.78, 5) is 18.5. The molecule has 4 rings (SSSR count). The molecule has 8 nitrogen and oxygen atoms in total. The first-order chi connectivity index (χ1) is 19.0. The molecule has 0 unspecified atom stereocenters. The summed E-state index contributed by atoms with van der Waals surface area (Å²) in [6.07, 6.45) is 1.96. The van der Waals surface area contributed by atoms with E-state index in [4.69, 9.17) is 9.47 Å². The van der Waals surface area contributed by atoms with Crippen molar-refractivity contribution >= 4 is 6.03 Å². The van der Waals surface area contributed by atoms with Gasteiger partial charge in [-0.15, -0.1) is 0 Å². The Hall–Kier alpha value is -3.30. The molecule has 1 aliphatic rings. The lowest BCUT2D eigenvalue weighted by Crippen LogP contribution is -2.44. The molecule has 0 saturated carbocycles. The number of ether oxygens (including phenoxy) is 2. The fourth-order valence-electron chi connectivity index (χ4n) is 4.78. The number of benzene rings is 2. The predicted molar refractivity (Wildman–Crippen MR) is 151 cm³/mol. The smallest absolute Gasteiger partial charge is 0.315 e. The highest BCUT2D eigenvalue weighted by atomic mass is 16.7. The number of nitrogens with one attached hydrogen (secondary N) is 2. The van der Waals surface area contributed by atoms with Gasteiger partial charge in [0.1, 0.15) is 0 Å². The molecule has 39 heavy (non-hydrogen) atoms. The fraction of sp³-hybridized carbons (Fsp3) is 0.419. The molecule has 1 aliphatic heterocycles. The second-order valence-corrected chi connectivity index (χ2v) is 10.1. The molecule has 0 aliphatic carbocycles. The molecule has 4 atom stereocenters. The summed E-state index contributed by atoms with van der Waals surface area (Å²) in [5.74, 6) is 0.110. The highest BCUT2D eigenvalue weighted by molar-refractivity contribution is 5.73. The van der Waals surface area contributed by atoms with Crippen LogP contribution < -0.4 is 10.6 Å². The van der Waals surface area contributed by atoms with Crippen molar-refractivity contribution in [3.63, 3.8) is 0 Å². The fourth-order valence-corrected chi connectivity index (χ4v) is 4.78. The van der Waals surface area contributed by atoms with Crippen LogP contribution in [0.5, 0.6) is 0 Å². The van der Waals surface area contributed by atoms with E-state index in [1.807, 2.05) is 73.8 Å². The van der Waals surface area contributed by atoms with Gasteiger partial charge in [-0.05, 0) is 42.8 Å². The Morgan fingerprint density at radius 3 is 2.36 bits per heavy atom. The molecule has 3 N–H and O–H groups in total. The van der Waals surface area contributed by atoms with Gasteiger partial charge in [0.25, 0.3) is 0 Å². The number of nitrogens with zero attached hydrogens (tertiary/aromatic N) is 2. The van der Waals surface area contributed by atoms with Crippen LogP contribution >= 0.6 is 0 Å². The molecule has 8 heteroatoms. The monoisotopic (exact) mass is 532 g/mol. The zero-order valence-corrected chi connectivity index (χ0v) is 23.0. The number of pyridine rings is 1. The average molecular weight is 533 g/mol. The number of aliphatic hydroxyl groups excluding tert-OH is 1. The van der Waals surface area contributed by atoms with Gasteiger partial charge in [-0.3, -0.25) is 4.98 Å². The maximum absolute atomic E-state index is 11.7. The second kappa shape index (κ2) is 14.2. The van der Waals surface area contributed by atoms with E-state index in [1.165, 1.54) is 0 Å². The van der Waals surface area contributed by atoms with Gasteiger partial charge in [-0.1, -0.05) is 61.5 Å². The highest BCUT2D eigenvalue weighted by Gasteiger charge is 2.38. The molecule has 1 aromatic heterocycles. The minimum atomic E-state index is -0.525. The lowest BCUT2D eigenvalue weighted by molar-refractivity contribution is -0.275. The quantitative estimate of drug-likeness (QED) is 0.340. The molecular formula is C31H40N4O4. The summed E-state index contributed by atoms with van der Waals surface area (Å²) in [5, 5.41) is 15.1. The molecule has 208 valence electrons. The third-order valence-electron chi connectivity index (χ3n) is 7.13. The first kappa shape index (κ1) is 28.7. The molecule has 0 bridgehead atoms. The highest BCUT2D eigenvalue weighted by Crippen LogP contribution is 2.41. The van der Waals surface area contributed by atoms with E-state index in [0.29, 0.717) is 13.1 Å². The first-order valence-corrected chi connectivity index (χ1v) is 13.7. The molecule has 1 saturated heterocycles. The van der Waals surface area contributed by atoms with Crippen molar-refractivity contribution in [2.45, 2.75) is 51.9 Å². The van der Waals surface area contributed by atoms with E-state index in [1.54, 1.807) is 0 Å². The van der Waals surface area contributed by atoms with E-state index in [0.717, 1.165) is 47.5 Å². The first-order valence-electron chi connectivity index (χ1n) is 13.7. The van der Waals surface area contributed by atoms with Crippen LogP contribution in [0.1, 0.15) is 54.2 Å². The maximum atomic E-state index is 11.7. The summed E-state index contributed by atoms with van der Waals surface area (Å²) in [7, 11) is 2.12. The van der Waals surface area contributed by atoms with Gasteiger partial charge >= 0.3 is 6.03 Å². The lowest BCUT2D eigenvalue weighted by Gasteiger charge is -2.42. The lowest BCUT2D eigenvalue weighted by atomic mass is 9.90. The van der Waals surface area contributed by atoms with Crippen molar-refractivity contribution in [3.05, 3.63) is 101 Å². The van der Waals surface area contributed by atoms with Gasteiger partial charge in [0.05, 0.1) is 18.8 Å². The zero-order valence-electron chi connectivity index (χ0n) is 23.0. The standard InChI is InChI=1S/C31H40N4O4/c1-4-32-31(37)34-19-23-8-14-26(15-9-23)30-38-28(20-35(3)18-16-27-7-5-6-17-33-27)22(2)29(39-30)25-12-10-24(21-36)11-13-25/h5-15,17,22,28-30,36H,4,16,18-21H2,1-3H3,(H2,32,34,37)/t22-,28+,29+,30+/m1/s1. The van der Waals surface area contributed by atoms with Crippen molar-refractivity contribution in [1.82, 2.24) is 20.5 Å². The number of carbonyl (C=O) groups excluding carboxylic acids is 1. The summed E-state index contributed by atoms with van der Waals surface area (Å²) in [6.45, 7) is 6.74. The number of likely N-dealkylation sites (N-methyl/N-ethyl adjacent to an activating group) is 1. The zero-order chi connectivity index (χ0) is 27.6. The molecule has 2 amide bonds. The second-order valence-electron chi connectivity index (χ2n) is 10.1. The van der Waals surface area contributed by atoms with Crippen molar-refractivity contribution in [2.24, 2.45) is 5.92 Å². The van der Waals surface area contributed by atoms with E-state index >= 15 is 0 Å². The number of aromatic nitrogens is 1. The van der Waals surface area contributed by atoms with Crippen LogP contribution in [0.2, 0.25) is 0 Å². The number of rotatable bonds is 11. The molecular weight excluding hydrogens is 492 g/mol. The molecule has 2 aromatic carbocycles. The Morgan fingerprint density at radius 2 is 1.69 bits per heavy atom. The van der Waals surface area contributed by atoms with E-state index in [9.17, 15) is 9.90 Å². The third kappa shape index (κ3) is 8.10. The van der Waals surface area contributed by atoms with Crippen LogP contribution in [0.4, 0.5) is 4.79 Å². The van der Waals surface area contributed by atoms with E-state index < -0.39 is 6.29 Å². The minimum Gasteiger partial charge on any atom is -0.392 e. The molecule has 0 spiro atoms. The van der Waals surface area contributed by atoms with Crippen molar-refractivity contribution in [3.8, 4) is 0 Å². The van der Waals surface area contributed by atoms with Gasteiger partial charge in [-0.2, -0.15) is 0 Å². The van der Waals surface area contributed by atoms with E-state index in [2.05, 4.69) is 40.6 Å². The van der Waals surface area contributed by atoms with Crippen molar-refractivity contribution in [2.75, 3.05) is 26.7 Å². The van der Waals surface area contributed by atoms with Crippen LogP contribution in [0.15, 0.2) is 72.9 Å². The normalized spacial score (nSPS) is 21.1. The van der Waals surface area contributed by atoms with Crippen LogP contribution in [0, 0.1) is 5.92 Å². The maximum Gasteiger partial charge on any atom is 0.315 e. The van der Waals surface area contributed by atoms with Gasteiger partial charge in [0, 0.05) is 56.0 Å². The number of aliphatic hydroxyl groups is 1. The van der Waals surface area contributed by atoms with Gasteiger partial charge < -0.3 is 30.1 Å². The van der Waals surface area contributed by atoms with Crippen LogP contribution in [-0.2, 0) is 29.0 Å². The Kier molecular flexibility index (Phi) is 10.4. The Bertz CT molecular complexity index is 1160. The number of urea groups is 1. The number of hydrogen-bond donors (Lipinski definition) is 3. The molecule has 2 heterocycles. The van der Waals surface area contributed by atoms with Crippen LogP contribution in [0.25, 0.3) is 0 Å². The Morgan fingerprint density at radius 1 is 0.974 bits per heavy atom. The van der Waals surface area contributed by atoms with Crippen molar-refractivity contribution in [1.29, 1.82) is 0 Å². The molecule has 3 aromatic rings. The Labute approximate surface area is 231 Å². The number of hydrogen-bond acceptors (Lipinski definition) is 6.